The van der Waals surface area contributed by atoms with Crippen LogP contribution in [0.3, 0.4) is 0 Å². The van der Waals surface area contributed by atoms with Gasteiger partial charge in [-0.1, -0.05) is 11.2 Å². The van der Waals surface area contributed by atoms with E-state index in [1.807, 2.05) is 6.07 Å². The van der Waals surface area contributed by atoms with E-state index in [9.17, 15) is 0 Å². The van der Waals surface area contributed by atoms with Gasteiger partial charge in [-0.2, -0.15) is 0 Å². The lowest BCUT2D eigenvalue weighted by Gasteiger charge is -2.31. The van der Waals surface area contributed by atoms with E-state index in [1.54, 1.807) is 11.3 Å². The summed E-state index contributed by atoms with van der Waals surface area (Å²) in [7, 11) is 0. The molecule has 0 spiro atoms. The number of nitrogens with zero attached hydrogens (tertiary/aromatic N) is 2. The van der Waals surface area contributed by atoms with Gasteiger partial charge in [-0.15, -0.1) is 11.3 Å². The number of thiophene rings is 1. The number of rotatable bonds is 5. The third kappa shape index (κ3) is 3.29. The Kier molecular flexibility index (Phi) is 4.50. The number of hydrogen-bond donors (Lipinski definition) is 1. The van der Waals surface area contributed by atoms with Crippen molar-refractivity contribution in [3.05, 3.63) is 29.3 Å². The van der Waals surface area contributed by atoms with Crippen molar-refractivity contribution in [3.63, 3.8) is 0 Å². The summed E-state index contributed by atoms with van der Waals surface area (Å²) in [5.41, 5.74) is 6.66. The highest BCUT2D eigenvalue weighted by Crippen LogP contribution is 2.26. The van der Waals surface area contributed by atoms with Crippen LogP contribution in [0, 0.1) is 5.92 Å². The maximum absolute atomic E-state index is 5.63. The predicted molar refractivity (Wildman–Crippen MR) is 81.5 cm³/mol. The molecule has 2 aromatic heterocycles. The van der Waals surface area contributed by atoms with Crippen molar-refractivity contribution in [3.8, 4) is 10.6 Å². The molecule has 0 atom stereocenters. The second-order valence-electron chi connectivity index (χ2n) is 5.46. The van der Waals surface area contributed by atoms with Crippen LogP contribution < -0.4 is 5.73 Å². The fraction of sp³-hybridized carbons (Fsp3) is 0.533. The van der Waals surface area contributed by atoms with Crippen molar-refractivity contribution in [1.82, 2.24) is 10.1 Å². The van der Waals surface area contributed by atoms with Crippen molar-refractivity contribution in [2.45, 2.75) is 25.8 Å². The first-order valence-electron chi connectivity index (χ1n) is 7.27. The quantitative estimate of drug-likeness (QED) is 0.920. The second-order valence-corrected chi connectivity index (χ2v) is 6.40. The number of aromatic nitrogens is 1. The summed E-state index contributed by atoms with van der Waals surface area (Å²) < 4.78 is 5.43. The fourth-order valence-corrected chi connectivity index (χ4v) is 3.49. The maximum atomic E-state index is 5.63. The van der Waals surface area contributed by atoms with Gasteiger partial charge in [0.2, 0.25) is 0 Å². The van der Waals surface area contributed by atoms with E-state index >= 15 is 0 Å². The molecule has 5 heteroatoms. The van der Waals surface area contributed by atoms with Gasteiger partial charge in [0, 0.05) is 12.6 Å². The molecule has 0 unspecified atom stereocenters. The normalized spacial score (nSPS) is 17.6. The van der Waals surface area contributed by atoms with Crippen molar-refractivity contribution < 1.29 is 4.52 Å². The summed E-state index contributed by atoms with van der Waals surface area (Å²) in [6.07, 6.45) is 3.68. The van der Waals surface area contributed by atoms with Crippen LogP contribution in [0.4, 0.5) is 0 Å². The topological polar surface area (TPSA) is 55.3 Å². The molecule has 0 radical (unpaired) electrons. The first-order chi connectivity index (χ1) is 9.85. The molecule has 1 fully saturated rings. The van der Waals surface area contributed by atoms with E-state index in [0.717, 1.165) is 48.4 Å². The van der Waals surface area contributed by atoms with Gasteiger partial charge >= 0.3 is 0 Å². The average Bonchev–Trinajstić information content (AvgIpc) is 3.12. The number of piperidine rings is 1. The Morgan fingerprint density at radius 3 is 2.95 bits per heavy atom. The molecule has 4 nitrogen and oxygen atoms in total. The van der Waals surface area contributed by atoms with Gasteiger partial charge < -0.3 is 10.3 Å². The smallest absolute Gasteiger partial charge is 0.177 e. The molecule has 108 valence electrons. The van der Waals surface area contributed by atoms with Gasteiger partial charge in [0.15, 0.2) is 5.76 Å². The highest BCUT2D eigenvalue weighted by molar-refractivity contribution is 7.13. The highest BCUT2D eigenvalue weighted by atomic mass is 32.1. The molecule has 0 bridgehead atoms. The van der Waals surface area contributed by atoms with Crippen LogP contribution in [-0.2, 0) is 6.54 Å². The molecular formula is C15H21N3OS. The van der Waals surface area contributed by atoms with E-state index in [2.05, 4.69) is 27.6 Å². The van der Waals surface area contributed by atoms with Gasteiger partial charge in [0.1, 0.15) is 0 Å². The minimum absolute atomic E-state index is 0.815. The summed E-state index contributed by atoms with van der Waals surface area (Å²) in [6, 6.07) is 6.16. The van der Waals surface area contributed by atoms with Gasteiger partial charge in [-0.25, -0.2) is 0 Å². The summed E-state index contributed by atoms with van der Waals surface area (Å²) in [5.74, 6) is 1.70. The minimum Gasteiger partial charge on any atom is -0.355 e. The fourth-order valence-electron chi connectivity index (χ4n) is 2.82. The molecule has 0 amide bonds. The van der Waals surface area contributed by atoms with Crippen LogP contribution in [0.15, 0.2) is 28.1 Å². The lowest BCUT2D eigenvalue weighted by atomic mass is 9.93. The van der Waals surface area contributed by atoms with E-state index in [-0.39, 0.29) is 0 Å². The molecule has 2 N–H and O–H groups in total. The Hall–Kier alpha value is -1.17. The lowest BCUT2D eigenvalue weighted by molar-refractivity contribution is 0.170. The molecule has 0 aliphatic carbocycles. The van der Waals surface area contributed by atoms with Crippen molar-refractivity contribution >= 4 is 11.3 Å². The molecule has 2 aromatic rings. The Morgan fingerprint density at radius 2 is 2.25 bits per heavy atom. The van der Waals surface area contributed by atoms with E-state index in [1.165, 1.54) is 19.3 Å². The van der Waals surface area contributed by atoms with Crippen LogP contribution in [0.2, 0.25) is 0 Å². The standard InChI is InChI=1S/C15H21N3OS/c16-6-3-12-4-7-18(8-5-12)11-13-10-14(19-17-13)15-2-1-9-20-15/h1-2,9-10,12H,3-8,11,16H2. The van der Waals surface area contributed by atoms with Crippen LogP contribution >= 0.6 is 11.3 Å². The Balaban J connectivity index is 1.54. The average molecular weight is 291 g/mol. The Labute approximate surface area is 123 Å². The molecule has 1 aliphatic rings. The van der Waals surface area contributed by atoms with Crippen LogP contribution in [-0.4, -0.2) is 29.7 Å². The highest BCUT2D eigenvalue weighted by Gasteiger charge is 2.19. The van der Waals surface area contributed by atoms with Gasteiger partial charge in [0.25, 0.3) is 0 Å². The number of likely N-dealkylation sites (tertiary alicyclic amines) is 1. The first-order valence-corrected chi connectivity index (χ1v) is 8.15. The largest absolute Gasteiger partial charge is 0.355 e. The molecule has 0 saturated carbocycles. The zero-order valence-electron chi connectivity index (χ0n) is 11.6. The summed E-state index contributed by atoms with van der Waals surface area (Å²) in [6.45, 7) is 4.00. The molecule has 3 rings (SSSR count). The van der Waals surface area contributed by atoms with E-state index in [0.29, 0.717) is 0 Å². The Bertz CT molecular complexity index is 515. The SMILES string of the molecule is NCCC1CCN(Cc2cc(-c3cccs3)on2)CC1. The van der Waals surface area contributed by atoms with Crippen LogP contribution in [0.5, 0.6) is 0 Å². The summed E-state index contributed by atoms with van der Waals surface area (Å²) >= 11 is 1.68. The second kappa shape index (κ2) is 6.52. The molecule has 20 heavy (non-hydrogen) atoms. The van der Waals surface area contributed by atoms with E-state index < -0.39 is 0 Å². The van der Waals surface area contributed by atoms with Crippen LogP contribution in [0.1, 0.15) is 25.0 Å². The summed E-state index contributed by atoms with van der Waals surface area (Å²) in [5, 5.41) is 6.25. The maximum Gasteiger partial charge on any atom is 0.177 e. The third-order valence-corrected chi connectivity index (χ3v) is 4.88. The summed E-state index contributed by atoms with van der Waals surface area (Å²) in [4.78, 5) is 3.61. The van der Waals surface area contributed by atoms with Crippen molar-refractivity contribution in [1.29, 1.82) is 0 Å². The minimum atomic E-state index is 0.815. The van der Waals surface area contributed by atoms with Gasteiger partial charge in [-0.3, -0.25) is 4.90 Å². The molecule has 1 saturated heterocycles. The monoisotopic (exact) mass is 291 g/mol. The third-order valence-electron chi connectivity index (χ3n) is 3.99. The van der Waals surface area contributed by atoms with Gasteiger partial charge in [0.05, 0.1) is 10.6 Å². The predicted octanol–water partition coefficient (Wildman–Crippen LogP) is 2.96. The van der Waals surface area contributed by atoms with E-state index in [4.69, 9.17) is 10.3 Å². The number of hydrogen-bond acceptors (Lipinski definition) is 5. The van der Waals surface area contributed by atoms with Gasteiger partial charge in [-0.05, 0) is 56.3 Å². The number of nitrogens with two attached hydrogens (primary N) is 1. The molecule has 1 aliphatic heterocycles. The molecular weight excluding hydrogens is 270 g/mol. The molecule has 3 heterocycles. The molecule has 0 aromatic carbocycles. The lowest BCUT2D eigenvalue weighted by Crippen LogP contribution is -2.33. The first kappa shape index (κ1) is 13.8. The zero-order valence-corrected chi connectivity index (χ0v) is 12.4. The van der Waals surface area contributed by atoms with Crippen LogP contribution in [0.25, 0.3) is 10.6 Å². The van der Waals surface area contributed by atoms with Crippen molar-refractivity contribution in [2.75, 3.05) is 19.6 Å². The van der Waals surface area contributed by atoms with Crippen molar-refractivity contribution in [2.24, 2.45) is 11.7 Å². The Morgan fingerprint density at radius 1 is 1.40 bits per heavy atom. The zero-order chi connectivity index (χ0) is 13.8.